The Bertz CT molecular complexity index is 327. The first-order valence-electron chi connectivity index (χ1n) is 6.87. The lowest BCUT2D eigenvalue weighted by atomic mass is 9.99. The summed E-state index contributed by atoms with van der Waals surface area (Å²) in [7, 11) is 0. The molecule has 1 aliphatic rings. The van der Waals surface area contributed by atoms with Crippen molar-refractivity contribution >= 4 is 5.69 Å². The average Bonchev–Trinajstić information content (AvgIpc) is 3.18. The molecule has 1 aromatic rings. The first-order chi connectivity index (χ1) is 8.29. The molecule has 1 fully saturated rings. The van der Waals surface area contributed by atoms with Gasteiger partial charge in [0.2, 0.25) is 0 Å². The van der Waals surface area contributed by atoms with Gasteiger partial charge in [-0.2, -0.15) is 0 Å². The molecule has 0 spiro atoms. The van der Waals surface area contributed by atoms with E-state index in [-0.39, 0.29) is 0 Å². The van der Waals surface area contributed by atoms with E-state index in [0.717, 1.165) is 19.1 Å². The van der Waals surface area contributed by atoms with E-state index in [1.807, 2.05) is 0 Å². The second kappa shape index (κ2) is 6.06. The highest BCUT2D eigenvalue weighted by Crippen LogP contribution is 2.20. The van der Waals surface area contributed by atoms with Crippen LogP contribution in [0.1, 0.15) is 44.6 Å². The predicted octanol–water partition coefficient (Wildman–Crippen LogP) is 3.36. The minimum atomic E-state index is 0.667. The first-order valence-corrected chi connectivity index (χ1v) is 6.87. The van der Waals surface area contributed by atoms with E-state index in [2.05, 4.69) is 48.7 Å². The molecular weight excluding hydrogens is 208 g/mol. The molecule has 0 heterocycles. The molecule has 1 atom stereocenters. The third-order valence-corrected chi connectivity index (χ3v) is 3.56. The van der Waals surface area contributed by atoms with Crippen molar-refractivity contribution in [2.24, 2.45) is 0 Å². The van der Waals surface area contributed by atoms with Gasteiger partial charge < -0.3 is 10.6 Å². The van der Waals surface area contributed by atoms with Gasteiger partial charge in [-0.25, -0.2) is 0 Å². The van der Waals surface area contributed by atoms with Gasteiger partial charge in [0.05, 0.1) is 0 Å². The fourth-order valence-corrected chi connectivity index (χ4v) is 1.94. The second-order valence-electron chi connectivity index (χ2n) is 5.09. The van der Waals surface area contributed by atoms with E-state index in [0.29, 0.717) is 5.92 Å². The molecule has 0 radical (unpaired) electrons. The van der Waals surface area contributed by atoms with Crippen molar-refractivity contribution in [2.75, 3.05) is 18.4 Å². The van der Waals surface area contributed by atoms with Crippen LogP contribution in [-0.2, 0) is 0 Å². The van der Waals surface area contributed by atoms with Crippen molar-refractivity contribution in [3.05, 3.63) is 29.8 Å². The smallest absolute Gasteiger partial charge is 0.0340 e. The van der Waals surface area contributed by atoms with Gasteiger partial charge in [0.15, 0.2) is 0 Å². The summed E-state index contributed by atoms with van der Waals surface area (Å²) in [5.74, 6) is 0.667. The summed E-state index contributed by atoms with van der Waals surface area (Å²) >= 11 is 0. The van der Waals surface area contributed by atoms with Gasteiger partial charge in [-0.1, -0.05) is 26.0 Å². The molecule has 0 amide bonds. The van der Waals surface area contributed by atoms with Gasteiger partial charge in [-0.05, 0) is 42.9 Å². The molecular formula is C15H24N2. The molecule has 0 saturated heterocycles. The molecule has 2 heteroatoms. The molecule has 0 aromatic heterocycles. The number of nitrogens with one attached hydrogen (secondary N) is 2. The maximum absolute atomic E-state index is 3.50. The van der Waals surface area contributed by atoms with Gasteiger partial charge >= 0.3 is 0 Å². The van der Waals surface area contributed by atoms with Crippen LogP contribution in [0.2, 0.25) is 0 Å². The van der Waals surface area contributed by atoms with Crippen LogP contribution in [0, 0.1) is 0 Å². The van der Waals surface area contributed by atoms with E-state index < -0.39 is 0 Å². The van der Waals surface area contributed by atoms with E-state index in [4.69, 9.17) is 0 Å². The lowest BCUT2D eigenvalue weighted by Crippen LogP contribution is -2.23. The molecule has 0 aliphatic heterocycles. The number of hydrogen-bond acceptors (Lipinski definition) is 2. The summed E-state index contributed by atoms with van der Waals surface area (Å²) in [5, 5.41) is 6.95. The monoisotopic (exact) mass is 232 g/mol. The average molecular weight is 232 g/mol. The molecule has 1 saturated carbocycles. The molecule has 1 unspecified atom stereocenters. The third-order valence-electron chi connectivity index (χ3n) is 3.56. The van der Waals surface area contributed by atoms with Crippen LogP contribution in [0.4, 0.5) is 5.69 Å². The lowest BCUT2D eigenvalue weighted by molar-refractivity contribution is 0.701. The van der Waals surface area contributed by atoms with E-state index in [1.54, 1.807) is 0 Å². The first kappa shape index (κ1) is 12.4. The zero-order chi connectivity index (χ0) is 12.1. The largest absolute Gasteiger partial charge is 0.384 e. The zero-order valence-corrected chi connectivity index (χ0v) is 11.0. The van der Waals surface area contributed by atoms with Crippen molar-refractivity contribution in [1.82, 2.24) is 5.32 Å². The third kappa shape index (κ3) is 4.04. The van der Waals surface area contributed by atoms with Crippen molar-refractivity contribution in [2.45, 2.75) is 45.1 Å². The van der Waals surface area contributed by atoms with Crippen LogP contribution in [0.3, 0.4) is 0 Å². The Balaban J connectivity index is 1.72. The Morgan fingerprint density at radius 3 is 2.47 bits per heavy atom. The molecule has 1 aliphatic carbocycles. The Kier molecular flexibility index (Phi) is 4.43. The van der Waals surface area contributed by atoms with Crippen LogP contribution >= 0.6 is 0 Å². The number of rotatable bonds is 7. The molecule has 17 heavy (non-hydrogen) atoms. The maximum Gasteiger partial charge on any atom is 0.0340 e. The Labute approximate surface area is 105 Å². The van der Waals surface area contributed by atoms with Crippen LogP contribution in [0.25, 0.3) is 0 Å². The second-order valence-corrected chi connectivity index (χ2v) is 5.09. The Morgan fingerprint density at radius 1 is 1.18 bits per heavy atom. The minimum Gasteiger partial charge on any atom is -0.384 e. The maximum atomic E-state index is 3.50. The summed E-state index contributed by atoms with van der Waals surface area (Å²) in [6.07, 6.45) is 3.94. The van der Waals surface area contributed by atoms with Gasteiger partial charge in [-0.3, -0.25) is 0 Å². The number of anilines is 1. The topological polar surface area (TPSA) is 24.1 Å². The Morgan fingerprint density at radius 2 is 1.88 bits per heavy atom. The van der Waals surface area contributed by atoms with E-state index >= 15 is 0 Å². The highest BCUT2D eigenvalue weighted by Gasteiger charge is 2.19. The molecule has 94 valence electrons. The van der Waals surface area contributed by atoms with Crippen LogP contribution < -0.4 is 10.6 Å². The molecule has 1 aromatic carbocycles. The summed E-state index contributed by atoms with van der Waals surface area (Å²) in [4.78, 5) is 0. The fourth-order valence-electron chi connectivity index (χ4n) is 1.94. The number of benzene rings is 1. The van der Waals surface area contributed by atoms with Gasteiger partial charge in [0.25, 0.3) is 0 Å². The highest BCUT2D eigenvalue weighted by molar-refractivity contribution is 5.45. The molecule has 2 nitrogen and oxygen atoms in total. The number of hydrogen-bond donors (Lipinski definition) is 2. The quantitative estimate of drug-likeness (QED) is 0.704. The van der Waals surface area contributed by atoms with Gasteiger partial charge in [0, 0.05) is 24.8 Å². The van der Waals surface area contributed by atoms with Crippen LogP contribution in [0.15, 0.2) is 24.3 Å². The zero-order valence-electron chi connectivity index (χ0n) is 11.0. The van der Waals surface area contributed by atoms with Crippen molar-refractivity contribution < 1.29 is 0 Å². The minimum absolute atomic E-state index is 0.667. The summed E-state index contributed by atoms with van der Waals surface area (Å²) in [5.41, 5.74) is 2.67. The predicted molar refractivity (Wildman–Crippen MR) is 74.7 cm³/mol. The highest BCUT2D eigenvalue weighted by atomic mass is 15.0. The summed E-state index contributed by atoms with van der Waals surface area (Å²) in [6, 6.07) is 9.68. The molecule has 2 rings (SSSR count). The fraction of sp³-hybridized carbons (Fsp3) is 0.600. The SMILES string of the molecule is CCC(C)c1ccc(NCCNC2CC2)cc1. The van der Waals surface area contributed by atoms with Crippen LogP contribution in [0.5, 0.6) is 0 Å². The normalized spacial score (nSPS) is 16.8. The summed E-state index contributed by atoms with van der Waals surface area (Å²) < 4.78 is 0. The van der Waals surface area contributed by atoms with Crippen molar-refractivity contribution in [3.63, 3.8) is 0 Å². The van der Waals surface area contributed by atoms with E-state index in [9.17, 15) is 0 Å². The van der Waals surface area contributed by atoms with Crippen molar-refractivity contribution in [1.29, 1.82) is 0 Å². The van der Waals surface area contributed by atoms with E-state index in [1.165, 1.54) is 30.5 Å². The van der Waals surface area contributed by atoms with Gasteiger partial charge in [0.1, 0.15) is 0 Å². The molecule has 0 bridgehead atoms. The summed E-state index contributed by atoms with van der Waals surface area (Å²) in [6.45, 7) is 6.60. The van der Waals surface area contributed by atoms with Gasteiger partial charge in [-0.15, -0.1) is 0 Å². The van der Waals surface area contributed by atoms with Crippen LogP contribution in [-0.4, -0.2) is 19.1 Å². The standard InChI is InChI=1S/C15H24N2/c1-3-12(2)13-4-6-14(7-5-13)16-10-11-17-15-8-9-15/h4-7,12,15-17H,3,8-11H2,1-2H3. The van der Waals surface area contributed by atoms with Crippen molar-refractivity contribution in [3.8, 4) is 0 Å². The Hall–Kier alpha value is -1.02. The molecule has 2 N–H and O–H groups in total. The lowest BCUT2D eigenvalue weighted by Gasteiger charge is -2.11.